The van der Waals surface area contributed by atoms with Gasteiger partial charge in [0.2, 0.25) is 0 Å². The smallest absolute Gasteiger partial charge is 0.130 e. The topological polar surface area (TPSA) is 38.0 Å². The number of nitrogens with two attached hydrogens (primary N) is 1. The van der Waals surface area contributed by atoms with Gasteiger partial charge in [-0.3, -0.25) is 0 Å². The Hall–Kier alpha value is 0.200. The van der Waals surface area contributed by atoms with Crippen molar-refractivity contribution < 1.29 is 0 Å². The van der Waals surface area contributed by atoms with Gasteiger partial charge in [0, 0.05) is 6.54 Å². The van der Waals surface area contributed by atoms with Crippen LogP contribution in [0.1, 0.15) is 83.5 Å². The molecular formula is C16H34N2S2. The maximum absolute atomic E-state index is 5.48. The highest BCUT2D eigenvalue weighted by molar-refractivity contribution is 8.11. The van der Waals surface area contributed by atoms with E-state index in [1.807, 2.05) is 0 Å². The molecule has 0 amide bonds. The number of hydrogen-bond acceptors (Lipinski definition) is 2. The fourth-order valence-electron chi connectivity index (χ4n) is 2.41. The van der Waals surface area contributed by atoms with E-state index in [1.54, 1.807) is 0 Å². The Morgan fingerprint density at radius 2 is 1.05 bits per heavy atom. The molecule has 0 aromatic heterocycles. The van der Waals surface area contributed by atoms with Gasteiger partial charge in [0.25, 0.3) is 0 Å². The van der Waals surface area contributed by atoms with Crippen molar-refractivity contribution >= 4 is 29.2 Å². The van der Waals surface area contributed by atoms with E-state index >= 15 is 0 Å². The van der Waals surface area contributed by atoms with Gasteiger partial charge in [-0.15, -0.1) is 12.6 Å². The first kappa shape index (κ1) is 20.2. The second kappa shape index (κ2) is 17.3. The summed E-state index contributed by atoms with van der Waals surface area (Å²) in [5.41, 5.74) is 5.48. The SMILES string of the molecule is NCCCCCCCCCCCCCCCNC(=S)S. The van der Waals surface area contributed by atoms with Crippen LogP contribution in [-0.4, -0.2) is 17.4 Å². The van der Waals surface area contributed by atoms with E-state index in [0.29, 0.717) is 4.32 Å². The van der Waals surface area contributed by atoms with Crippen LogP contribution in [0.3, 0.4) is 0 Å². The third-order valence-corrected chi connectivity index (χ3v) is 3.96. The first-order valence-corrected chi connectivity index (χ1v) is 9.29. The van der Waals surface area contributed by atoms with Crippen LogP contribution in [0, 0.1) is 0 Å². The van der Waals surface area contributed by atoms with Crippen molar-refractivity contribution in [2.24, 2.45) is 5.73 Å². The second-order valence-corrected chi connectivity index (χ2v) is 6.77. The molecule has 0 aliphatic rings. The molecule has 20 heavy (non-hydrogen) atoms. The van der Waals surface area contributed by atoms with E-state index in [-0.39, 0.29) is 0 Å². The molecule has 4 heteroatoms. The van der Waals surface area contributed by atoms with Gasteiger partial charge in [-0.25, -0.2) is 0 Å². The summed E-state index contributed by atoms with van der Waals surface area (Å²) < 4.78 is 0.619. The van der Waals surface area contributed by atoms with E-state index in [1.165, 1.54) is 83.5 Å². The van der Waals surface area contributed by atoms with Crippen LogP contribution in [0.25, 0.3) is 0 Å². The standard InChI is InChI=1S/C16H34N2S2/c17-14-12-10-8-6-4-2-1-3-5-7-9-11-13-15-18-16(19)20/h1-15,17H2,(H2,18,19,20). The van der Waals surface area contributed by atoms with Gasteiger partial charge in [0.1, 0.15) is 4.32 Å². The van der Waals surface area contributed by atoms with Crippen molar-refractivity contribution in [3.05, 3.63) is 0 Å². The van der Waals surface area contributed by atoms with Gasteiger partial charge >= 0.3 is 0 Å². The minimum absolute atomic E-state index is 0.619. The number of hydrogen-bond donors (Lipinski definition) is 3. The monoisotopic (exact) mass is 318 g/mol. The molecule has 120 valence electrons. The molecule has 0 rings (SSSR count). The van der Waals surface area contributed by atoms with Crippen LogP contribution >= 0.6 is 24.8 Å². The van der Waals surface area contributed by atoms with Gasteiger partial charge in [0.15, 0.2) is 0 Å². The number of rotatable bonds is 15. The fraction of sp³-hybridized carbons (Fsp3) is 0.938. The minimum Gasteiger partial charge on any atom is -0.371 e. The van der Waals surface area contributed by atoms with Crippen LogP contribution in [0.4, 0.5) is 0 Å². The zero-order valence-corrected chi connectivity index (χ0v) is 14.8. The van der Waals surface area contributed by atoms with Crippen molar-refractivity contribution in [2.75, 3.05) is 13.1 Å². The Morgan fingerprint density at radius 1 is 0.700 bits per heavy atom. The maximum Gasteiger partial charge on any atom is 0.130 e. The Bertz CT molecular complexity index is 211. The normalized spacial score (nSPS) is 10.7. The summed E-state index contributed by atoms with van der Waals surface area (Å²) in [4.78, 5) is 0. The highest BCUT2D eigenvalue weighted by Gasteiger charge is 1.94. The number of thiol groups is 1. The molecule has 0 aromatic carbocycles. The van der Waals surface area contributed by atoms with Crippen LogP contribution < -0.4 is 11.1 Å². The number of unbranched alkanes of at least 4 members (excludes halogenated alkanes) is 12. The molecule has 0 aromatic rings. The molecule has 0 saturated heterocycles. The van der Waals surface area contributed by atoms with Crippen LogP contribution in [0.5, 0.6) is 0 Å². The van der Waals surface area contributed by atoms with E-state index < -0.39 is 0 Å². The molecule has 0 atom stereocenters. The van der Waals surface area contributed by atoms with Crippen molar-refractivity contribution in [3.63, 3.8) is 0 Å². The van der Waals surface area contributed by atoms with Crippen molar-refractivity contribution in [1.29, 1.82) is 0 Å². The second-order valence-electron chi connectivity index (χ2n) is 5.62. The lowest BCUT2D eigenvalue weighted by Gasteiger charge is -2.04. The molecule has 0 radical (unpaired) electrons. The molecule has 0 aliphatic carbocycles. The zero-order chi connectivity index (χ0) is 14.9. The third kappa shape index (κ3) is 18.2. The highest BCUT2D eigenvalue weighted by Crippen LogP contribution is 2.12. The lowest BCUT2D eigenvalue weighted by Crippen LogP contribution is -2.17. The summed E-state index contributed by atoms with van der Waals surface area (Å²) >= 11 is 8.88. The van der Waals surface area contributed by atoms with E-state index in [2.05, 4.69) is 17.9 Å². The third-order valence-electron chi connectivity index (χ3n) is 3.66. The Labute approximate surface area is 137 Å². The molecule has 2 nitrogen and oxygen atoms in total. The maximum atomic E-state index is 5.48. The Balaban J connectivity index is 2.94. The lowest BCUT2D eigenvalue weighted by atomic mass is 10.0. The quantitative estimate of drug-likeness (QED) is 0.230. The van der Waals surface area contributed by atoms with Crippen molar-refractivity contribution in [1.82, 2.24) is 5.32 Å². The lowest BCUT2D eigenvalue weighted by molar-refractivity contribution is 0.537. The minimum atomic E-state index is 0.619. The number of thiocarbonyl (C=S) groups is 1. The molecule has 0 aliphatic heterocycles. The van der Waals surface area contributed by atoms with Crippen LogP contribution in [0.15, 0.2) is 0 Å². The Kier molecular flexibility index (Phi) is 17.4. The zero-order valence-electron chi connectivity index (χ0n) is 13.0. The molecule has 0 bridgehead atoms. The van der Waals surface area contributed by atoms with Crippen LogP contribution in [0.2, 0.25) is 0 Å². The van der Waals surface area contributed by atoms with Gasteiger partial charge in [0.05, 0.1) is 0 Å². The van der Waals surface area contributed by atoms with Crippen LogP contribution in [-0.2, 0) is 0 Å². The average Bonchev–Trinajstić information content (AvgIpc) is 2.43. The predicted octanol–water partition coefficient (Wildman–Crippen LogP) is 4.82. The number of nitrogens with one attached hydrogen (secondary N) is 1. The predicted molar refractivity (Wildman–Crippen MR) is 98.7 cm³/mol. The summed E-state index contributed by atoms with van der Waals surface area (Å²) in [5.74, 6) is 0. The first-order chi connectivity index (χ1) is 9.77. The fourth-order valence-corrected chi connectivity index (χ4v) is 2.62. The van der Waals surface area contributed by atoms with Crippen molar-refractivity contribution in [3.8, 4) is 0 Å². The van der Waals surface area contributed by atoms with E-state index in [9.17, 15) is 0 Å². The highest BCUT2D eigenvalue weighted by atomic mass is 32.1. The molecule has 0 spiro atoms. The molecule has 3 N–H and O–H groups in total. The summed E-state index contributed by atoms with van der Waals surface area (Å²) in [5, 5.41) is 3.08. The van der Waals surface area contributed by atoms with Gasteiger partial charge in [-0.2, -0.15) is 0 Å². The summed E-state index contributed by atoms with van der Waals surface area (Å²) in [6.07, 6.45) is 17.7. The summed E-state index contributed by atoms with van der Waals surface area (Å²) in [6, 6.07) is 0. The molecular weight excluding hydrogens is 284 g/mol. The van der Waals surface area contributed by atoms with Crippen molar-refractivity contribution in [2.45, 2.75) is 83.5 Å². The first-order valence-electron chi connectivity index (χ1n) is 8.44. The largest absolute Gasteiger partial charge is 0.371 e. The Morgan fingerprint density at radius 3 is 1.40 bits per heavy atom. The molecule has 0 fully saturated rings. The van der Waals surface area contributed by atoms with Gasteiger partial charge in [-0.05, 0) is 19.4 Å². The molecule has 0 heterocycles. The molecule has 0 saturated carbocycles. The molecule has 0 unspecified atom stereocenters. The van der Waals surface area contributed by atoms with E-state index in [0.717, 1.165) is 13.1 Å². The summed E-state index contributed by atoms with van der Waals surface area (Å²) in [7, 11) is 0. The van der Waals surface area contributed by atoms with Gasteiger partial charge in [-0.1, -0.05) is 82.8 Å². The van der Waals surface area contributed by atoms with Gasteiger partial charge < -0.3 is 11.1 Å². The average molecular weight is 319 g/mol. The summed E-state index contributed by atoms with van der Waals surface area (Å²) in [6.45, 7) is 1.84. The van der Waals surface area contributed by atoms with E-state index in [4.69, 9.17) is 18.0 Å².